The maximum absolute atomic E-state index is 2.48. The molecule has 12 aromatic rings. The van der Waals surface area contributed by atoms with E-state index >= 15 is 0 Å². The van der Waals surface area contributed by atoms with Crippen molar-refractivity contribution in [3.63, 3.8) is 0 Å². The normalized spacial score (nSPS) is 13.2. The summed E-state index contributed by atoms with van der Waals surface area (Å²) >= 11 is 0. The number of hydrogen-bond donors (Lipinski definition) is 0. The summed E-state index contributed by atoms with van der Waals surface area (Å²) in [6, 6.07) is 51.2. The molecule has 12 aromatic carbocycles. The average molecular weight is 575 g/mol. The lowest BCUT2D eigenvalue weighted by atomic mass is 9.87. The lowest BCUT2D eigenvalue weighted by Crippen LogP contribution is -1.87. The van der Waals surface area contributed by atoms with Crippen molar-refractivity contribution in [2.24, 2.45) is 0 Å². The molecule has 0 N–H and O–H groups in total. The molecule has 0 spiro atoms. The molecule has 0 amide bonds. The highest BCUT2D eigenvalue weighted by atomic mass is 14.3. The fourth-order valence-corrected chi connectivity index (χ4v) is 9.75. The van der Waals surface area contributed by atoms with Gasteiger partial charge in [0.25, 0.3) is 0 Å². The Labute approximate surface area is 262 Å². The molecule has 0 saturated heterocycles. The molecule has 46 heavy (non-hydrogen) atoms. The third-order valence-electron chi connectivity index (χ3n) is 11.6. The van der Waals surface area contributed by atoms with Crippen LogP contribution in [0.1, 0.15) is 0 Å². The van der Waals surface area contributed by atoms with Gasteiger partial charge in [-0.05, 0) is 154 Å². The van der Waals surface area contributed by atoms with Crippen LogP contribution in [0, 0.1) is 0 Å². The Kier molecular flexibility index (Phi) is 3.56. The lowest BCUT2D eigenvalue weighted by Gasteiger charge is -2.16. The van der Waals surface area contributed by atoms with E-state index in [0.29, 0.717) is 0 Å². The second-order valence-corrected chi connectivity index (χ2v) is 13.5. The highest BCUT2D eigenvalue weighted by molar-refractivity contribution is 6.45. The Bertz CT molecular complexity index is 3130. The van der Waals surface area contributed by atoms with E-state index in [1.165, 1.54) is 130 Å². The molecule has 1 aliphatic carbocycles. The molecular formula is C46H22. The van der Waals surface area contributed by atoms with E-state index in [9.17, 15) is 0 Å². The molecule has 0 bridgehead atoms. The average Bonchev–Trinajstić information content (AvgIpc) is 3.72. The van der Waals surface area contributed by atoms with E-state index < -0.39 is 0 Å². The predicted octanol–water partition coefficient (Wildman–Crippen LogP) is 13.2. The molecule has 0 nitrogen and oxygen atoms in total. The van der Waals surface area contributed by atoms with Crippen LogP contribution < -0.4 is 0 Å². The summed E-state index contributed by atoms with van der Waals surface area (Å²) in [5.41, 5.74) is 5.45. The van der Waals surface area contributed by atoms with Gasteiger partial charge in [-0.15, -0.1) is 0 Å². The zero-order valence-corrected chi connectivity index (χ0v) is 24.7. The summed E-state index contributed by atoms with van der Waals surface area (Å²) in [6.45, 7) is 0. The molecule has 13 rings (SSSR count). The molecule has 0 heteroatoms. The number of rotatable bonds is 0. The number of fused-ring (bicyclic) bond motifs is 12. The maximum atomic E-state index is 2.48. The highest BCUT2D eigenvalue weighted by Crippen LogP contribution is 2.54. The van der Waals surface area contributed by atoms with Crippen LogP contribution in [-0.2, 0) is 0 Å². The third kappa shape index (κ3) is 2.35. The van der Waals surface area contributed by atoms with Crippen molar-refractivity contribution >= 4 is 108 Å². The SMILES string of the molecule is c1ccc2cc3c(cc2c1)-c1ccc2c4ccc5c6cc7c(cc6c6ccc(c8ccc-3c1c28)c4c56)c1cccc2cccc7c21. The summed E-state index contributed by atoms with van der Waals surface area (Å²) < 4.78 is 0. The Morgan fingerprint density at radius 1 is 0.196 bits per heavy atom. The van der Waals surface area contributed by atoms with Gasteiger partial charge < -0.3 is 0 Å². The van der Waals surface area contributed by atoms with Crippen LogP contribution >= 0.6 is 0 Å². The fraction of sp³-hybridized carbons (Fsp3) is 0. The van der Waals surface area contributed by atoms with Crippen LogP contribution in [0.5, 0.6) is 0 Å². The van der Waals surface area contributed by atoms with Crippen molar-refractivity contribution in [2.45, 2.75) is 0 Å². The minimum Gasteiger partial charge on any atom is -0.0616 e. The lowest BCUT2D eigenvalue weighted by molar-refractivity contribution is 1.73. The Balaban J connectivity index is 1.19. The summed E-state index contributed by atoms with van der Waals surface area (Å²) in [4.78, 5) is 0. The van der Waals surface area contributed by atoms with Crippen LogP contribution in [0.25, 0.3) is 130 Å². The smallest absolute Gasteiger partial charge is 0.00139 e. The molecule has 0 radical (unpaired) electrons. The van der Waals surface area contributed by atoms with Crippen molar-refractivity contribution in [1.82, 2.24) is 0 Å². The first kappa shape index (κ1) is 22.5. The first-order valence-electron chi connectivity index (χ1n) is 16.3. The molecular weight excluding hydrogens is 553 g/mol. The molecule has 0 saturated carbocycles. The summed E-state index contributed by atoms with van der Waals surface area (Å²) in [5, 5.41) is 27.3. The molecule has 0 aromatic heterocycles. The van der Waals surface area contributed by atoms with E-state index in [1.807, 2.05) is 0 Å². The number of hydrogen-bond acceptors (Lipinski definition) is 0. The third-order valence-corrected chi connectivity index (χ3v) is 11.6. The molecule has 0 unspecified atom stereocenters. The molecule has 0 fully saturated rings. The maximum Gasteiger partial charge on any atom is -0.00139 e. The second kappa shape index (κ2) is 7.28. The van der Waals surface area contributed by atoms with Crippen molar-refractivity contribution in [2.75, 3.05) is 0 Å². The molecule has 0 heterocycles. The van der Waals surface area contributed by atoms with Crippen LogP contribution in [0.4, 0.5) is 0 Å². The molecule has 0 atom stereocenters. The van der Waals surface area contributed by atoms with E-state index in [4.69, 9.17) is 0 Å². The molecule has 206 valence electrons. The van der Waals surface area contributed by atoms with Crippen LogP contribution in [0.2, 0.25) is 0 Å². The Morgan fingerprint density at radius 3 is 1.04 bits per heavy atom. The Morgan fingerprint density at radius 2 is 0.565 bits per heavy atom. The molecule has 0 aliphatic heterocycles. The minimum atomic E-state index is 1.30. The second-order valence-electron chi connectivity index (χ2n) is 13.5. The summed E-state index contributed by atoms with van der Waals surface area (Å²) in [7, 11) is 0. The zero-order valence-electron chi connectivity index (χ0n) is 24.7. The van der Waals surface area contributed by atoms with Gasteiger partial charge in [0.2, 0.25) is 0 Å². The Hall–Kier alpha value is -5.98. The van der Waals surface area contributed by atoms with Gasteiger partial charge in [0.1, 0.15) is 0 Å². The topological polar surface area (TPSA) is 0 Å². The summed E-state index contributed by atoms with van der Waals surface area (Å²) in [6.07, 6.45) is 0. The van der Waals surface area contributed by atoms with Gasteiger partial charge in [-0.3, -0.25) is 0 Å². The van der Waals surface area contributed by atoms with Gasteiger partial charge >= 0.3 is 0 Å². The van der Waals surface area contributed by atoms with Crippen molar-refractivity contribution < 1.29 is 0 Å². The quantitative estimate of drug-likeness (QED) is 0.125. The largest absolute Gasteiger partial charge is 0.0616 e. The fourth-order valence-electron chi connectivity index (χ4n) is 9.75. The molecule has 1 aliphatic rings. The van der Waals surface area contributed by atoms with E-state index in [0.717, 1.165) is 0 Å². The van der Waals surface area contributed by atoms with Crippen molar-refractivity contribution in [3.8, 4) is 22.3 Å². The van der Waals surface area contributed by atoms with E-state index in [1.54, 1.807) is 0 Å². The highest BCUT2D eigenvalue weighted by Gasteiger charge is 2.26. The first-order chi connectivity index (χ1) is 22.8. The first-order valence-corrected chi connectivity index (χ1v) is 16.3. The zero-order chi connectivity index (χ0) is 29.4. The van der Waals surface area contributed by atoms with Gasteiger partial charge in [-0.2, -0.15) is 0 Å². The monoisotopic (exact) mass is 574 g/mol. The number of benzene rings is 10. The predicted molar refractivity (Wildman–Crippen MR) is 199 cm³/mol. The van der Waals surface area contributed by atoms with Gasteiger partial charge in [-0.25, -0.2) is 0 Å². The van der Waals surface area contributed by atoms with E-state index in [2.05, 4.69) is 133 Å². The summed E-state index contributed by atoms with van der Waals surface area (Å²) in [5.74, 6) is 0. The minimum absolute atomic E-state index is 1.30. The van der Waals surface area contributed by atoms with Gasteiger partial charge in [-0.1, -0.05) is 109 Å². The standard InChI is InChI=1S/C46H22/c1-2-6-25-20-37-33-16-12-29-31-14-18-35-41-22-39-27-10-4-8-23-7-3-9-26(42(23)27)38(39)21-40(41)34-17-13-30(44(31)46(34)35)28-11-15-32(45(33)43(28)29)36(37)19-24(25)5-1/h1-22H. The van der Waals surface area contributed by atoms with Crippen LogP contribution in [0.3, 0.4) is 0 Å². The van der Waals surface area contributed by atoms with Gasteiger partial charge in [0, 0.05) is 0 Å². The van der Waals surface area contributed by atoms with E-state index in [-0.39, 0.29) is 0 Å². The van der Waals surface area contributed by atoms with Crippen molar-refractivity contribution in [3.05, 3.63) is 133 Å². The van der Waals surface area contributed by atoms with Gasteiger partial charge in [0.05, 0.1) is 0 Å². The van der Waals surface area contributed by atoms with Crippen molar-refractivity contribution in [1.29, 1.82) is 0 Å². The van der Waals surface area contributed by atoms with Gasteiger partial charge in [0.15, 0.2) is 0 Å². The van der Waals surface area contributed by atoms with Crippen LogP contribution in [-0.4, -0.2) is 0 Å². The van der Waals surface area contributed by atoms with Crippen LogP contribution in [0.15, 0.2) is 133 Å².